The predicted octanol–water partition coefficient (Wildman–Crippen LogP) is 3.92. The van der Waals surface area contributed by atoms with Gasteiger partial charge in [-0.2, -0.15) is 13.2 Å². The maximum absolute atomic E-state index is 13.3. The molecule has 2 aromatic rings. The van der Waals surface area contributed by atoms with Crippen molar-refractivity contribution in [2.75, 3.05) is 13.1 Å². The third kappa shape index (κ3) is 3.09. The first-order valence-electron chi connectivity index (χ1n) is 9.09. The number of nitrogens with zero attached hydrogens (tertiary/aromatic N) is 3. The smallest absolute Gasteiger partial charge is 0.338 e. The van der Waals surface area contributed by atoms with Crippen molar-refractivity contribution in [3.8, 4) is 0 Å². The molecule has 1 fully saturated rings. The first-order chi connectivity index (χ1) is 12.8. The van der Waals surface area contributed by atoms with E-state index in [1.54, 1.807) is 4.90 Å². The Morgan fingerprint density at radius 2 is 2.00 bits per heavy atom. The van der Waals surface area contributed by atoms with Crippen LogP contribution in [0.2, 0.25) is 0 Å². The monoisotopic (exact) mass is 375 g/mol. The molecule has 142 valence electrons. The summed E-state index contributed by atoms with van der Waals surface area (Å²) in [5.74, 6) is 0.127. The van der Waals surface area contributed by atoms with Gasteiger partial charge in [-0.25, -0.2) is 9.97 Å². The van der Waals surface area contributed by atoms with Crippen LogP contribution in [0.1, 0.15) is 52.3 Å². The lowest BCUT2D eigenvalue weighted by molar-refractivity contribution is -0.138. The average molecular weight is 375 g/mol. The first kappa shape index (κ1) is 17.9. The van der Waals surface area contributed by atoms with Gasteiger partial charge in [-0.15, -0.1) is 0 Å². The van der Waals surface area contributed by atoms with Crippen molar-refractivity contribution in [3.63, 3.8) is 0 Å². The topological polar surface area (TPSA) is 46.1 Å². The van der Waals surface area contributed by atoms with E-state index in [4.69, 9.17) is 0 Å². The van der Waals surface area contributed by atoms with Crippen LogP contribution in [-0.2, 0) is 18.0 Å². The second-order valence-electron chi connectivity index (χ2n) is 7.44. The number of halogens is 3. The zero-order valence-electron chi connectivity index (χ0n) is 15.0. The normalized spacial score (nSPS) is 22.1. The molecule has 0 radical (unpaired) electrons. The summed E-state index contributed by atoms with van der Waals surface area (Å²) in [5.41, 5.74) is 0.630. The quantitative estimate of drug-likeness (QED) is 0.759. The molecule has 0 saturated carbocycles. The van der Waals surface area contributed by atoms with E-state index in [2.05, 4.69) is 9.97 Å². The predicted molar refractivity (Wildman–Crippen MR) is 93.3 cm³/mol. The Morgan fingerprint density at radius 1 is 1.22 bits per heavy atom. The zero-order chi connectivity index (χ0) is 19.2. The molecule has 0 N–H and O–H groups in total. The lowest BCUT2D eigenvalue weighted by atomic mass is 9.77. The van der Waals surface area contributed by atoms with Gasteiger partial charge < -0.3 is 4.90 Å². The molecule has 27 heavy (non-hydrogen) atoms. The fraction of sp³-hybridized carbons (Fsp3) is 0.450. The molecule has 1 aliphatic heterocycles. The third-order valence-electron chi connectivity index (χ3n) is 5.69. The van der Waals surface area contributed by atoms with E-state index >= 15 is 0 Å². The number of alkyl halides is 3. The van der Waals surface area contributed by atoms with Crippen molar-refractivity contribution < 1.29 is 18.0 Å². The molecule has 1 spiro atoms. The van der Waals surface area contributed by atoms with Gasteiger partial charge in [0.2, 0.25) is 0 Å². The zero-order valence-corrected chi connectivity index (χ0v) is 15.0. The Labute approximate surface area is 155 Å². The van der Waals surface area contributed by atoms with Gasteiger partial charge in [0.25, 0.3) is 5.91 Å². The number of benzene rings is 1. The van der Waals surface area contributed by atoms with Gasteiger partial charge in [0.1, 0.15) is 5.82 Å². The summed E-state index contributed by atoms with van der Waals surface area (Å²) in [6.45, 7) is 2.70. The van der Waals surface area contributed by atoms with Crippen molar-refractivity contribution in [3.05, 3.63) is 58.7 Å². The van der Waals surface area contributed by atoms with E-state index in [-0.39, 0.29) is 11.0 Å². The number of aromatic nitrogens is 2. The fourth-order valence-electron chi connectivity index (χ4n) is 4.42. The molecule has 0 bridgehead atoms. The van der Waals surface area contributed by atoms with Crippen LogP contribution < -0.4 is 0 Å². The van der Waals surface area contributed by atoms with E-state index < -0.39 is 17.6 Å². The van der Waals surface area contributed by atoms with Gasteiger partial charge in [-0.05, 0) is 50.3 Å². The van der Waals surface area contributed by atoms with E-state index in [0.29, 0.717) is 18.9 Å². The summed E-state index contributed by atoms with van der Waals surface area (Å²) in [4.78, 5) is 23.4. The first-order valence-corrected chi connectivity index (χ1v) is 9.09. The molecule has 1 aliphatic carbocycles. The minimum atomic E-state index is -4.55. The van der Waals surface area contributed by atoms with Crippen molar-refractivity contribution in [1.82, 2.24) is 14.9 Å². The minimum Gasteiger partial charge on any atom is -0.338 e. The highest BCUT2D eigenvalue weighted by Gasteiger charge is 2.45. The van der Waals surface area contributed by atoms with Crippen LogP contribution in [0, 0.1) is 6.92 Å². The van der Waals surface area contributed by atoms with Gasteiger partial charge in [-0.1, -0.05) is 12.1 Å². The van der Waals surface area contributed by atoms with Gasteiger partial charge in [0.15, 0.2) is 0 Å². The van der Waals surface area contributed by atoms with Crippen molar-refractivity contribution in [1.29, 1.82) is 0 Å². The lowest BCUT2D eigenvalue weighted by Gasteiger charge is -2.40. The molecule has 1 aromatic carbocycles. The van der Waals surface area contributed by atoms with Crippen molar-refractivity contribution >= 4 is 5.91 Å². The number of amides is 1. The molecule has 7 heteroatoms. The van der Waals surface area contributed by atoms with Crippen LogP contribution in [0.25, 0.3) is 0 Å². The van der Waals surface area contributed by atoms with Crippen LogP contribution >= 0.6 is 0 Å². The Bertz CT molecular complexity index is 892. The van der Waals surface area contributed by atoms with Crippen molar-refractivity contribution in [2.24, 2.45) is 0 Å². The van der Waals surface area contributed by atoms with Crippen LogP contribution in [0.5, 0.6) is 0 Å². The second-order valence-corrected chi connectivity index (χ2v) is 7.44. The molecule has 1 atom stereocenters. The number of hydrogen-bond donors (Lipinski definition) is 0. The van der Waals surface area contributed by atoms with Gasteiger partial charge in [-0.3, -0.25) is 4.79 Å². The number of carbonyl (C=O) groups is 1. The molecular formula is C20H20F3N3O. The number of likely N-dealkylation sites (tertiary alicyclic amines) is 1. The Morgan fingerprint density at radius 3 is 2.78 bits per heavy atom. The van der Waals surface area contributed by atoms with E-state index in [0.717, 1.165) is 43.0 Å². The number of hydrogen-bond acceptors (Lipinski definition) is 3. The molecule has 2 heterocycles. The van der Waals surface area contributed by atoms with Crippen LogP contribution in [0.15, 0.2) is 30.5 Å². The number of rotatable bonds is 1. The maximum Gasteiger partial charge on any atom is 0.417 e. The summed E-state index contributed by atoms with van der Waals surface area (Å²) in [6, 6.07) is 5.02. The standard InChI is InChI=1S/C20H20F3N3O/c1-13-24-11-14-7-9-19(17(14)25-13)8-4-10-26(12-19)18(27)15-5-2-3-6-16(15)20(21,22)23/h2-3,5-6,11H,4,7-10,12H2,1H3. The van der Waals surface area contributed by atoms with E-state index in [1.807, 2.05) is 13.1 Å². The van der Waals surface area contributed by atoms with E-state index in [1.165, 1.54) is 18.2 Å². The Balaban J connectivity index is 1.66. The summed E-state index contributed by atoms with van der Waals surface area (Å²) < 4.78 is 40.0. The molecular weight excluding hydrogens is 355 g/mol. The summed E-state index contributed by atoms with van der Waals surface area (Å²) >= 11 is 0. The highest BCUT2D eigenvalue weighted by Crippen LogP contribution is 2.44. The second kappa shape index (κ2) is 6.32. The largest absolute Gasteiger partial charge is 0.417 e. The van der Waals surface area contributed by atoms with Gasteiger partial charge in [0.05, 0.1) is 16.8 Å². The van der Waals surface area contributed by atoms with E-state index in [9.17, 15) is 18.0 Å². The number of piperidine rings is 1. The minimum absolute atomic E-state index is 0.274. The average Bonchev–Trinajstić information content (AvgIpc) is 2.98. The summed E-state index contributed by atoms with van der Waals surface area (Å²) in [7, 11) is 0. The van der Waals surface area contributed by atoms with Gasteiger partial charge in [0, 0.05) is 24.7 Å². The maximum atomic E-state index is 13.3. The molecule has 4 rings (SSSR count). The molecule has 4 nitrogen and oxygen atoms in total. The molecule has 1 amide bonds. The van der Waals surface area contributed by atoms with Crippen LogP contribution in [-0.4, -0.2) is 33.9 Å². The number of fused-ring (bicyclic) bond motifs is 2. The molecule has 1 aromatic heterocycles. The van der Waals surface area contributed by atoms with Crippen LogP contribution in [0.3, 0.4) is 0 Å². The molecule has 2 aliphatic rings. The number of aryl methyl sites for hydroxylation is 2. The molecule has 1 saturated heterocycles. The Kier molecular flexibility index (Phi) is 4.20. The van der Waals surface area contributed by atoms with Crippen LogP contribution in [0.4, 0.5) is 13.2 Å². The summed E-state index contributed by atoms with van der Waals surface area (Å²) in [6.07, 6.45) is 0.627. The molecule has 1 unspecified atom stereocenters. The van der Waals surface area contributed by atoms with Crippen molar-refractivity contribution in [2.45, 2.75) is 44.2 Å². The Hall–Kier alpha value is -2.44. The highest BCUT2D eigenvalue weighted by molar-refractivity contribution is 5.96. The SMILES string of the molecule is Cc1ncc2c(n1)C1(CCCN(C(=O)c3ccccc3C(F)(F)F)C1)CC2. The highest BCUT2D eigenvalue weighted by atomic mass is 19.4. The van der Waals surface area contributed by atoms with Gasteiger partial charge >= 0.3 is 6.18 Å². The fourth-order valence-corrected chi connectivity index (χ4v) is 4.42. The lowest BCUT2D eigenvalue weighted by Crippen LogP contribution is -2.48. The summed E-state index contributed by atoms with van der Waals surface area (Å²) in [5, 5.41) is 0. The number of carbonyl (C=O) groups excluding carboxylic acids is 1. The third-order valence-corrected chi connectivity index (χ3v) is 5.69.